The van der Waals surface area contributed by atoms with E-state index >= 15 is 0 Å². The summed E-state index contributed by atoms with van der Waals surface area (Å²) < 4.78 is 0. The van der Waals surface area contributed by atoms with E-state index in [4.69, 9.17) is 0 Å². The van der Waals surface area contributed by atoms with Crippen molar-refractivity contribution in [3.8, 4) is 0 Å². The summed E-state index contributed by atoms with van der Waals surface area (Å²) in [6.07, 6.45) is 8.88. The van der Waals surface area contributed by atoms with Gasteiger partial charge in [0.1, 0.15) is 11.6 Å². The lowest BCUT2D eigenvalue weighted by atomic mass is 9.75. The molecule has 5 heteroatoms. The van der Waals surface area contributed by atoms with Crippen LogP contribution >= 0.6 is 0 Å². The maximum atomic E-state index is 14.2. The van der Waals surface area contributed by atoms with E-state index in [0.717, 1.165) is 42.0 Å². The van der Waals surface area contributed by atoms with Crippen LogP contribution in [0.2, 0.25) is 0 Å². The number of allylic oxidation sites excluding steroid dienone is 4. The lowest BCUT2D eigenvalue weighted by Gasteiger charge is -2.31. The van der Waals surface area contributed by atoms with E-state index in [1.807, 2.05) is 37.3 Å². The molecule has 2 aliphatic rings. The Hall–Kier alpha value is -3.44. The predicted molar refractivity (Wildman–Crippen MR) is 164 cm³/mol. The molecule has 1 heterocycles. The number of carbonyl (C=O) groups is 2. The van der Waals surface area contributed by atoms with Crippen LogP contribution in [-0.4, -0.2) is 22.5 Å². The molecule has 2 aromatic rings. The minimum Gasteiger partial charge on any atom is -0.341 e. The fourth-order valence-corrected chi connectivity index (χ4v) is 5.82. The van der Waals surface area contributed by atoms with Crippen molar-refractivity contribution >= 4 is 17.3 Å². The third-order valence-corrected chi connectivity index (χ3v) is 7.67. The van der Waals surface area contributed by atoms with E-state index in [-0.39, 0.29) is 17.5 Å². The zero-order chi connectivity index (χ0) is 28.6. The molecule has 2 unspecified atom stereocenters. The number of nitrogens with zero attached hydrogens (tertiary/aromatic N) is 1. The molecule has 0 radical (unpaired) electrons. The van der Waals surface area contributed by atoms with E-state index in [1.54, 1.807) is 0 Å². The molecule has 2 atom stereocenters. The van der Waals surface area contributed by atoms with Crippen molar-refractivity contribution in [1.82, 2.24) is 10.2 Å². The Kier molecular flexibility index (Phi) is 10.2. The highest BCUT2D eigenvalue weighted by atomic mass is 16.2. The van der Waals surface area contributed by atoms with Crippen molar-refractivity contribution in [2.24, 2.45) is 17.8 Å². The molecule has 1 aliphatic carbocycles. The molecule has 1 aliphatic heterocycles. The largest absolute Gasteiger partial charge is 0.341 e. The van der Waals surface area contributed by atoms with Gasteiger partial charge in [-0.1, -0.05) is 83.2 Å². The third kappa shape index (κ3) is 7.60. The number of para-hydroxylation sites is 1. The molecule has 5 nitrogen and oxygen atoms in total. The van der Waals surface area contributed by atoms with Crippen molar-refractivity contribution in [3.05, 3.63) is 101 Å². The maximum absolute atomic E-state index is 14.2. The van der Waals surface area contributed by atoms with Gasteiger partial charge >= 0.3 is 0 Å². The van der Waals surface area contributed by atoms with E-state index in [1.165, 1.54) is 5.56 Å². The number of Topliss-reactive ketones (excluding diaryl/α,β-unsaturated/α-hetero) is 2. The number of benzene rings is 2. The lowest BCUT2D eigenvalue weighted by molar-refractivity contribution is -0.131. The number of carbonyl (C=O) groups excluding carboxylic acids is 2. The van der Waals surface area contributed by atoms with E-state index < -0.39 is 5.92 Å². The van der Waals surface area contributed by atoms with Crippen molar-refractivity contribution < 1.29 is 9.59 Å². The molecule has 0 saturated heterocycles. The van der Waals surface area contributed by atoms with Crippen molar-refractivity contribution in [2.45, 2.75) is 79.4 Å². The number of anilines is 1. The van der Waals surface area contributed by atoms with Crippen LogP contribution in [0.5, 0.6) is 0 Å². The third-order valence-electron chi connectivity index (χ3n) is 7.67. The van der Waals surface area contributed by atoms with Crippen molar-refractivity contribution in [3.63, 3.8) is 0 Å². The van der Waals surface area contributed by atoms with Gasteiger partial charge in [0.15, 0.2) is 5.78 Å². The quantitative estimate of drug-likeness (QED) is 0.308. The van der Waals surface area contributed by atoms with Gasteiger partial charge in [-0.2, -0.15) is 0 Å². The molecular weight excluding hydrogens is 494 g/mol. The summed E-state index contributed by atoms with van der Waals surface area (Å²) in [4.78, 5) is 29.8. The van der Waals surface area contributed by atoms with E-state index in [9.17, 15) is 9.59 Å². The summed E-state index contributed by atoms with van der Waals surface area (Å²) in [7, 11) is 0. The summed E-state index contributed by atoms with van der Waals surface area (Å²) in [5.74, 6) is 0.850. The molecule has 4 rings (SSSR count). The first-order chi connectivity index (χ1) is 19.2. The number of fused-ring (bicyclic) bond motifs is 1. The second-order valence-corrected chi connectivity index (χ2v) is 11.9. The molecule has 0 spiro atoms. The zero-order valence-electron chi connectivity index (χ0n) is 24.7. The summed E-state index contributed by atoms with van der Waals surface area (Å²) in [6.45, 7) is 12.1. The number of ketones is 2. The minimum atomic E-state index is -0.619. The highest BCUT2D eigenvalue weighted by molar-refractivity contribution is 6.13. The fourth-order valence-electron chi connectivity index (χ4n) is 5.82. The van der Waals surface area contributed by atoms with Crippen molar-refractivity contribution in [1.29, 1.82) is 0 Å². The fraction of sp³-hybridized carbons (Fsp3) is 0.429. The Bertz CT molecular complexity index is 1270. The monoisotopic (exact) mass is 539 g/mol. The van der Waals surface area contributed by atoms with Gasteiger partial charge in [0.05, 0.1) is 11.5 Å². The van der Waals surface area contributed by atoms with Crippen LogP contribution in [0.1, 0.15) is 71.4 Å². The molecular formula is C35H45N3O2. The molecule has 1 fully saturated rings. The topological polar surface area (TPSA) is 61.4 Å². The van der Waals surface area contributed by atoms with Crippen LogP contribution in [0.3, 0.4) is 0 Å². The summed E-state index contributed by atoms with van der Waals surface area (Å²) in [5, 5.41) is 7.11. The molecule has 2 aromatic carbocycles. The van der Waals surface area contributed by atoms with Crippen LogP contribution in [0, 0.1) is 17.8 Å². The van der Waals surface area contributed by atoms with Gasteiger partial charge in [0, 0.05) is 37.4 Å². The van der Waals surface area contributed by atoms with Gasteiger partial charge in [0.2, 0.25) is 0 Å². The molecule has 2 N–H and O–H groups in total. The number of hydrogen-bond donors (Lipinski definition) is 2. The first kappa shape index (κ1) is 29.5. The first-order valence-corrected chi connectivity index (χ1v) is 14.8. The van der Waals surface area contributed by atoms with Crippen molar-refractivity contribution in [2.75, 3.05) is 5.32 Å². The van der Waals surface area contributed by atoms with Crippen LogP contribution in [0.15, 0.2) is 89.9 Å². The smallest absolute Gasteiger partial charge is 0.177 e. The average Bonchev–Trinajstić information content (AvgIpc) is 3.06. The second-order valence-electron chi connectivity index (χ2n) is 11.9. The standard InChI is InChI=1S/C35H45N3O2/c1-6-31-32(39)21-28(18-24(2)3)20-29-14-11-17-38(23-27-13-10-12-26(19-27)22-36-25(4)5)35(33(29)34(31)40)37-30-15-8-7-9-16-30/h7-17,19,24-25,28,31,36-37H,6,18,20-23H2,1-5H3. The van der Waals surface area contributed by atoms with E-state index in [0.29, 0.717) is 36.9 Å². The van der Waals surface area contributed by atoms with Gasteiger partial charge in [-0.05, 0) is 66.0 Å². The minimum absolute atomic E-state index is 0.0660. The average molecular weight is 540 g/mol. The Morgan fingerprint density at radius 1 is 0.950 bits per heavy atom. The first-order valence-electron chi connectivity index (χ1n) is 14.8. The molecule has 1 saturated carbocycles. The highest BCUT2D eigenvalue weighted by Gasteiger charge is 2.37. The lowest BCUT2D eigenvalue weighted by Crippen LogP contribution is -2.34. The van der Waals surface area contributed by atoms with Crippen LogP contribution < -0.4 is 10.6 Å². The Labute approximate surface area is 240 Å². The highest BCUT2D eigenvalue weighted by Crippen LogP contribution is 2.37. The summed E-state index contributed by atoms with van der Waals surface area (Å²) in [6, 6.07) is 19.0. The van der Waals surface area contributed by atoms with Crippen LogP contribution in [0.25, 0.3) is 0 Å². The maximum Gasteiger partial charge on any atom is 0.177 e. The van der Waals surface area contributed by atoms with Gasteiger partial charge in [-0.3, -0.25) is 9.59 Å². The Morgan fingerprint density at radius 2 is 1.70 bits per heavy atom. The molecule has 0 aromatic heterocycles. The number of hydrogen-bond acceptors (Lipinski definition) is 5. The molecule has 0 bridgehead atoms. The Morgan fingerprint density at radius 3 is 2.40 bits per heavy atom. The van der Waals surface area contributed by atoms with Crippen LogP contribution in [-0.2, 0) is 22.7 Å². The number of nitrogens with one attached hydrogen (secondary N) is 2. The Balaban J connectivity index is 1.79. The predicted octanol–water partition coefficient (Wildman–Crippen LogP) is 7.38. The normalized spacial score (nSPS) is 19.9. The molecule has 40 heavy (non-hydrogen) atoms. The van der Waals surface area contributed by atoms with E-state index in [2.05, 4.69) is 85.8 Å². The van der Waals surface area contributed by atoms with Gasteiger partial charge in [0.25, 0.3) is 0 Å². The van der Waals surface area contributed by atoms with Gasteiger partial charge in [-0.15, -0.1) is 0 Å². The van der Waals surface area contributed by atoms with Crippen LogP contribution in [0.4, 0.5) is 5.69 Å². The molecule has 0 amide bonds. The SMILES string of the molecule is CCC1C(=O)CC(CC(C)C)CC2=CC=CN(Cc3cccc(CNC(C)C)c3)C(Nc3ccccc3)=C2C1=O. The number of rotatable bonds is 10. The van der Waals surface area contributed by atoms with Gasteiger partial charge < -0.3 is 15.5 Å². The zero-order valence-corrected chi connectivity index (χ0v) is 24.7. The summed E-state index contributed by atoms with van der Waals surface area (Å²) in [5.41, 5.74) is 4.97. The van der Waals surface area contributed by atoms with Gasteiger partial charge in [-0.25, -0.2) is 0 Å². The summed E-state index contributed by atoms with van der Waals surface area (Å²) >= 11 is 0. The molecule has 212 valence electrons. The second kappa shape index (κ2) is 13.8.